The monoisotopic (exact) mass is 314 g/mol. The van der Waals surface area contributed by atoms with Crippen LogP contribution in [0.1, 0.15) is 10.4 Å². The lowest BCUT2D eigenvalue weighted by Crippen LogP contribution is -2.40. The maximum absolute atomic E-state index is 12.3. The summed E-state index contributed by atoms with van der Waals surface area (Å²) in [6.45, 7) is -0.764. The number of hydrogen-bond donors (Lipinski definition) is 1. The van der Waals surface area contributed by atoms with Crippen LogP contribution in [0.5, 0.6) is 0 Å². The molecule has 1 rings (SSSR count). The van der Waals surface area contributed by atoms with Crippen LogP contribution in [0.15, 0.2) is 18.2 Å². The molecule has 0 heterocycles. The average molecular weight is 315 g/mol. The van der Waals surface area contributed by atoms with Crippen LogP contribution < -0.4 is 5.73 Å². The van der Waals surface area contributed by atoms with Crippen molar-refractivity contribution in [3.8, 4) is 0 Å². The third kappa shape index (κ3) is 4.64. The van der Waals surface area contributed by atoms with E-state index in [1.165, 1.54) is 32.4 Å². The SMILES string of the molecule is COC(=O)CN(CC(=O)OC)C(=O)c1ccc(Cl)c(N)c1. The van der Waals surface area contributed by atoms with Gasteiger partial charge in [0.25, 0.3) is 5.91 Å². The number of nitrogen functional groups attached to an aromatic ring is 1. The molecule has 2 N–H and O–H groups in total. The molecule has 21 heavy (non-hydrogen) atoms. The second kappa shape index (κ2) is 7.49. The molecule has 0 spiro atoms. The number of hydrogen-bond acceptors (Lipinski definition) is 6. The zero-order valence-corrected chi connectivity index (χ0v) is 12.3. The number of benzene rings is 1. The van der Waals surface area contributed by atoms with Gasteiger partial charge in [0.2, 0.25) is 0 Å². The van der Waals surface area contributed by atoms with Crippen molar-refractivity contribution in [2.24, 2.45) is 0 Å². The highest BCUT2D eigenvalue weighted by Crippen LogP contribution is 2.20. The molecule has 8 heteroatoms. The van der Waals surface area contributed by atoms with Crippen LogP contribution in [-0.4, -0.2) is 50.1 Å². The maximum Gasteiger partial charge on any atom is 0.325 e. The summed E-state index contributed by atoms with van der Waals surface area (Å²) in [6.07, 6.45) is 0. The zero-order valence-electron chi connectivity index (χ0n) is 11.6. The number of methoxy groups -OCH3 is 2. The summed E-state index contributed by atoms with van der Waals surface area (Å²) in [7, 11) is 2.37. The van der Waals surface area contributed by atoms with E-state index >= 15 is 0 Å². The first-order valence-electron chi connectivity index (χ1n) is 5.87. The Hall–Kier alpha value is -2.28. The molecule has 0 saturated carbocycles. The molecule has 7 nitrogen and oxygen atoms in total. The summed E-state index contributed by atoms with van der Waals surface area (Å²) in [5.41, 5.74) is 6.05. The van der Waals surface area contributed by atoms with Crippen molar-refractivity contribution in [3.05, 3.63) is 28.8 Å². The molecule has 1 aromatic carbocycles. The number of rotatable bonds is 5. The van der Waals surface area contributed by atoms with Crippen LogP contribution in [-0.2, 0) is 19.1 Å². The first-order chi connectivity index (χ1) is 9.88. The standard InChI is InChI=1S/C13H15ClN2O5/c1-20-11(17)6-16(7-12(18)21-2)13(19)8-3-4-9(14)10(15)5-8/h3-5H,6-7,15H2,1-2H3. The van der Waals surface area contributed by atoms with Gasteiger partial charge in [-0.05, 0) is 18.2 Å². The zero-order chi connectivity index (χ0) is 16.0. The van der Waals surface area contributed by atoms with Crippen molar-refractivity contribution < 1.29 is 23.9 Å². The van der Waals surface area contributed by atoms with E-state index in [1.54, 1.807) is 0 Å². The fraction of sp³-hybridized carbons (Fsp3) is 0.308. The minimum absolute atomic E-state index is 0.199. The predicted octanol–water partition coefficient (Wildman–Crippen LogP) is 0.710. The van der Waals surface area contributed by atoms with Crippen molar-refractivity contribution in [2.45, 2.75) is 0 Å². The summed E-state index contributed by atoms with van der Waals surface area (Å²) in [4.78, 5) is 36.0. The highest BCUT2D eigenvalue weighted by Gasteiger charge is 2.22. The molecule has 0 radical (unpaired) electrons. The number of esters is 2. The molecule has 0 aliphatic heterocycles. The second-order valence-electron chi connectivity index (χ2n) is 4.05. The van der Waals surface area contributed by atoms with Gasteiger partial charge in [0, 0.05) is 5.56 Å². The van der Waals surface area contributed by atoms with Crippen molar-refractivity contribution >= 4 is 35.1 Å². The number of halogens is 1. The third-order valence-electron chi connectivity index (χ3n) is 2.63. The van der Waals surface area contributed by atoms with E-state index in [-0.39, 0.29) is 24.3 Å². The van der Waals surface area contributed by atoms with Crippen LogP contribution >= 0.6 is 11.6 Å². The maximum atomic E-state index is 12.3. The molecule has 0 aliphatic carbocycles. The second-order valence-corrected chi connectivity index (χ2v) is 4.46. The number of nitrogens with zero attached hydrogens (tertiary/aromatic N) is 1. The first-order valence-corrected chi connectivity index (χ1v) is 6.24. The van der Waals surface area contributed by atoms with Gasteiger partial charge in [0.15, 0.2) is 0 Å². The van der Waals surface area contributed by atoms with Crippen LogP contribution in [0, 0.1) is 0 Å². The van der Waals surface area contributed by atoms with E-state index in [2.05, 4.69) is 9.47 Å². The molecule has 0 atom stereocenters. The van der Waals surface area contributed by atoms with Crippen LogP contribution in [0.25, 0.3) is 0 Å². The van der Waals surface area contributed by atoms with Crippen molar-refractivity contribution in [1.82, 2.24) is 4.90 Å². The van der Waals surface area contributed by atoms with Gasteiger partial charge in [-0.1, -0.05) is 11.6 Å². The van der Waals surface area contributed by atoms with Gasteiger partial charge in [-0.15, -0.1) is 0 Å². The molecular formula is C13H15ClN2O5. The van der Waals surface area contributed by atoms with Gasteiger partial charge in [-0.2, -0.15) is 0 Å². The van der Waals surface area contributed by atoms with Crippen molar-refractivity contribution in [1.29, 1.82) is 0 Å². The van der Waals surface area contributed by atoms with E-state index in [9.17, 15) is 14.4 Å². The van der Waals surface area contributed by atoms with E-state index in [4.69, 9.17) is 17.3 Å². The number of amides is 1. The Morgan fingerprint density at radius 1 is 1.14 bits per heavy atom. The molecule has 0 fully saturated rings. The Bertz CT molecular complexity index is 543. The normalized spacial score (nSPS) is 9.86. The molecule has 1 amide bonds. The van der Waals surface area contributed by atoms with E-state index in [0.717, 1.165) is 4.90 Å². The Morgan fingerprint density at radius 3 is 2.10 bits per heavy atom. The molecule has 0 unspecified atom stereocenters. The van der Waals surface area contributed by atoms with Gasteiger partial charge in [-0.3, -0.25) is 14.4 Å². The quantitative estimate of drug-likeness (QED) is 0.635. The fourth-order valence-corrected chi connectivity index (χ4v) is 1.62. The first kappa shape index (κ1) is 16.8. The summed E-state index contributed by atoms with van der Waals surface area (Å²) in [5.74, 6) is -1.88. The average Bonchev–Trinajstić information content (AvgIpc) is 2.48. The van der Waals surface area contributed by atoms with E-state index in [1.807, 2.05) is 0 Å². The highest BCUT2D eigenvalue weighted by atomic mass is 35.5. The van der Waals surface area contributed by atoms with Crippen molar-refractivity contribution in [2.75, 3.05) is 33.0 Å². The van der Waals surface area contributed by atoms with Crippen LogP contribution in [0.2, 0.25) is 5.02 Å². The summed E-state index contributed by atoms with van der Waals surface area (Å²) in [6, 6.07) is 4.27. The molecule has 0 aliphatic rings. The predicted molar refractivity (Wildman–Crippen MR) is 75.8 cm³/mol. The molecule has 0 bridgehead atoms. The van der Waals surface area contributed by atoms with Crippen molar-refractivity contribution in [3.63, 3.8) is 0 Å². The van der Waals surface area contributed by atoms with Gasteiger partial charge in [-0.25, -0.2) is 0 Å². The molecule has 1 aromatic rings. The lowest BCUT2D eigenvalue weighted by Gasteiger charge is -2.20. The molecular weight excluding hydrogens is 300 g/mol. The van der Waals surface area contributed by atoms with E-state index in [0.29, 0.717) is 5.02 Å². The smallest absolute Gasteiger partial charge is 0.325 e. The lowest BCUT2D eigenvalue weighted by atomic mass is 10.1. The third-order valence-corrected chi connectivity index (χ3v) is 2.97. The van der Waals surface area contributed by atoms with E-state index < -0.39 is 17.8 Å². The summed E-state index contributed by atoms with van der Waals surface area (Å²) < 4.78 is 8.99. The number of carbonyl (C=O) groups is 3. The Morgan fingerprint density at radius 2 is 1.67 bits per heavy atom. The number of anilines is 1. The Kier molecular flexibility index (Phi) is 5.98. The summed E-state index contributed by atoms with van der Waals surface area (Å²) >= 11 is 5.78. The van der Waals surface area contributed by atoms with Crippen LogP contribution in [0.3, 0.4) is 0 Å². The van der Waals surface area contributed by atoms with Gasteiger partial charge in [0.05, 0.1) is 24.9 Å². The highest BCUT2D eigenvalue weighted by molar-refractivity contribution is 6.33. The minimum Gasteiger partial charge on any atom is -0.468 e. The summed E-state index contributed by atoms with van der Waals surface area (Å²) in [5, 5.41) is 0.305. The van der Waals surface area contributed by atoms with Gasteiger partial charge >= 0.3 is 11.9 Å². The number of carbonyl (C=O) groups excluding carboxylic acids is 3. The Balaban J connectivity index is 2.99. The van der Waals surface area contributed by atoms with Gasteiger partial charge < -0.3 is 20.1 Å². The lowest BCUT2D eigenvalue weighted by molar-refractivity contribution is -0.144. The fourth-order valence-electron chi connectivity index (χ4n) is 1.50. The van der Waals surface area contributed by atoms with Crippen LogP contribution in [0.4, 0.5) is 5.69 Å². The molecule has 0 saturated heterocycles. The number of ether oxygens (including phenoxy) is 2. The Labute approximate surface area is 126 Å². The largest absolute Gasteiger partial charge is 0.468 e. The van der Waals surface area contributed by atoms with Gasteiger partial charge in [0.1, 0.15) is 13.1 Å². The topological polar surface area (TPSA) is 98.9 Å². The molecule has 0 aromatic heterocycles. The molecule has 114 valence electrons. The minimum atomic E-state index is -0.658. The number of nitrogens with two attached hydrogens (primary N) is 1.